The van der Waals surface area contributed by atoms with Crippen molar-refractivity contribution in [3.05, 3.63) is 62.7 Å². The minimum atomic E-state index is -0.191. The maximum absolute atomic E-state index is 10.8. The molecule has 2 rings (SSSR count). The Labute approximate surface area is 143 Å². The van der Waals surface area contributed by atoms with Crippen LogP contribution in [0.2, 0.25) is 0 Å². The molecule has 0 aliphatic heterocycles. The SMILES string of the molecule is CC(=O)N/N=C\c1ccc(OCc2cccc(C)c2)c(I)c1. The van der Waals surface area contributed by atoms with Gasteiger partial charge < -0.3 is 4.74 Å². The van der Waals surface area contributed by atoms with Crippen molar-refractivity contribution in [3.63, 3.8) is 0 Å². The van der Waals surface area contributed by atoms with E-state index in [9.17, 15) is 4.79 Å². The zero-order valence-electron chi connectivity index (χ0n) is 12.5. The summed E-state index contributed by atoms with van der Waals surface area (Å²) < 4.78 is 6.85. The van der Waals surface area contributed by atoms with Crippen LogP contribution in [0.15, 0.2) is 47.6 Å². The van der Waals surface area contributed by atoms with Gasteiger partial charge in [0.05, 0.1) is 9.78 Å². The van der Waals surface area contributed by atoms with Gasteiger partial charge in [-0.25, -0.2) is 5.43 Å². The minimum Gasteiger partial charge on any atom is -0.488 e. The Morgan fingerprint density at radius 3 is 2.82 bits per heavy atom. The lowest BCUT2D eigenvalue weighted by atomic mass is 10.1. The Morgan fingerprint density at radius 1 is 1.32 bits per heavy atom. The van der Waals surface area contributed by atoms with Gasteiger partial charge in [-0.3, -0.25) is 4.79 Å². The van der Waals surface area contributed by atoms with Gasteiger partial charge in [-0.1, -0.05) is 29.8 Å². The van der Waals surface area contributed by atoms with E-state index in [-0.39, 0.29) is 5.91 Å². The summed E-state index contributed by atoms with van der Waals surface area (Å²) in [7, 11) is 0. The summed E-state index contributed by atoms with van der Waals surface area (Å²) in [4.78, 5) is 10.8. The van der Waals surface area contributed by atoms with Gasteiger partial charge in [-0.2, -0.15) is 5.10 Å². The van der Waals surface area contributed by atoms with Crippen LogP contribution in [0.4, 0.5) is 0 Å². The predicted octanol–water partition coefficient (Wildman–Crippen LogP) is 3.65. The van der Waals surface area contributed by atoms with Crippen LogP contribution in [0.3, 0.4) is 0 Å². The fourth-order valence-corrected chi connectivity index (χ4v) is 2.57. The van der Waals surface area contributed by atoms with Gasteiger partial charge >= 0.3 is 0 Å². The van der Waals surface area contributed by atoms with Gasteiger partial charge in [0.1, 0.15) is 12.4 Å². The van der Waals surface area contributed by atoms with Crippen molar-refractivity contribution in [2.24, 2.45) is 5.10 Å². The average molecular weight is 408 g/mol. The summed E-state index contributed by atoms with van der Waals surface area (Å²) in [5, 5.41) is 3.85. The standard InChI is InChI=1S/C17H17IN2O2/c1-12-4-3-5-15(8-12)11-22-17-7-6-14(9-16(17)18)10-19-20-13(2)21/h3-10H,11H2,1-2H3,(H,20,21)/b19-10-. The number of amides is 1. The number of nitrogens with one attached hydrogen (secondary N) is 1. The molecule has 1 N–H and O–H groups in total. The molecule has 0 fully saturated rings. The Hall–Kier alpha value is -1.89. The van der Waals surface area contributed by atoms with E-state index in [0.717, 1.165) is 20.4 Å². The highest BCUT2D eigenvalue weighted by atomic mass is 127. The Balaban J connectivity index is 2.00. The van der Waals surface area contributed by atoms with Crippen LogP contribution in [0.25, 0.3) is 0 Å². The highest BCUT2D eigenvalue weighted by Gasteiger charge is 2.03. The number of ether oxygens (including phenoxy) is 1. The molecule has 5 heteroatoms. The second-order valence-corrected chi connectivity index (χ2v) is 6.06. The second-order valence-electron chi connectivity index (χ2n) is 4.89. The molecule has 0 unspecified atom stereocenters. The van der Waals surface area contributed by atoms with Crippen molar-refractivity contribution in [1.82, 2.24) is 5.43 Å². The largest absolute Gasteiger partial charge is 0.488 e. The maximum atomic E-state index is 10.8. The van der Waals surface area contributed by atoms with Crippen molar-refractivity contribution in [2.45, 2.75) is 20.5 Å². The van der Waals surface area contributed by atoms with Crippen molar-refractivity contribution < 1.29 is 9.53 Å². The number of hydrogen-bond donors (Lipinski definition) is 1. The van der Waals surface area contributed by atoms with E-state index in [1.54, 1.807) is 6.21 Å². The van der Waals surface area contributed by atoms with Crippen molar-refractivity contribution in [1.29, 1.82) is 0 Å². The molecular formula is C17H17IN2O2. The van der Waals surface area contributed by atoms with E-state index in [1.807, 2.05) is 30.3 Å². The maximum Gasteiger partial charge on any atom is 0.236 e. The zero-order chi connectivity index (χ0) is 15.9. The van der Waals surface area contributed by atoms with Crippen LogP contribution in [0.5, 0.6) is 5.75 Å². The third-order valence-corrected chi connectivity index (χ3v) is 3.71. The van der Waals surface area contributed by atoms with E-state index in [1.165, 1.54) is 12.5 Å². The topological polar surface area (TPSA) is 50.7 Å². The molecule has 0 spiro atoms. The van der Waals surface area contributed by atoms with Gasteiger partial charge in [0.25, 0.3) is 0 Å². The average Bonchev–Trinajstić information content (AvgIpc) is 2.46. The first-order chi connectivity index (χ1) is 10.5. The van der Waals surface area contributed by atoms with E-state index < -0.39 is 0 Å². The Bertz CT molecular complexity index is 699. The Kier molecular flexibility index (Phi) is 5.94. The van der Waals surface area contributed by atoms with E-state index in [2.05, 4.69) is 52.2 Å². The summed E-state index contributed by atoms with van der Waals surface area (Å²) in [6, 6.07) is 14.0. The number of carbonyl (C=O) groups is 1. The number of benzene rings is 2. The molecule has 2 aromatic carbocycles. The van der Waals surface area contributed by atoms with Gasteiger partial charge in [0.15, 0.2) is 0 Å². The van der Waals surface area contributed by atoms with Crippen LogP contribution >= 0.6 is 22.6 Å². The lowest BCUT2D eigenvalue weighted by Crippen LogP contribution is -2.12. The zero-order valence-corrected chi connectivity index (χ0v) is 14.6. The van der Waals surface area contributed by atoms with Crippen LogP contribution in [-0.2, 0) is 11.4 Å². The second kappa shape index (κ2) is 7.93. The van der Waals surface area contributed by atoms with Crippen LogP contribution in [0.1, 0.15) is 23.6 Å². The molecule has 0 bridgehead atoms. The van der Waals surface area contributed by atoms with Crippen LogP contribution in [0, 0.1) is 10.5 Å². The van der Waals surface area contributed by atoms with Crippen molar-refractivity contribution in [2.75, 3.05) is 0 Å². The lowest BCUT2D eigenvalue weighted by Gasteiger charge is -2.09. The van der Waals surface area contributed by atoms with Gasteiger partial charge in [0.2, 0.25) is 5.91 Å². The molecule has 0 aliphatic rings. The van der Waals surface area contributed by atoms with Crippen LogP contribution in [-0.4, -0.2) is 12.1 Å². The quantitative estimate of drug-likeness (QED) is 0.467. The normalized spacial score (nSPS) is 10.7. The molecule has 2 aromatic rings. The highest BCUT2D eigenvalue weighted by molar-refractivity contribution is 14.1. The first-order valence-electron chi connectivity index (χ1n) is 6.82. The first kappa shape index (κ1) is 16.5. The predicted molar refractivity (Wildman–Crippen MR) is 96.1 cm³/mol. The number of halogens is 1. The number of hydrogen-bond acceptors (Lipinski definition) is 3. The molecule has 0 saturated carbocycles. The number of aryl methyl sites for hydroxylation is 1. The highest BCUT2D eigenvalue weighted by Crippen LogP contribution is 2.22. The summed E-state index contributed by atoms with van der Waals surface area (Å²) >= 11 is 2.23. The van der Waals surface area contributed by atoms with Crippen molar-refractivity contribution >= 4 is 34.7 Å². The monoisotopic (exact) mass is 408 g/mol. The molecule has 0 radical (unpaired) electrons. The molecule has 0 saturated heterocycles. The summed E-state index contributed by atoms with van der Waals surface area (Å²) in [5.74, 6) is 0.642. The third-order valence-electron chi connectivity index (χ3n) is 2.87. The fraction of sp³-hybridized carbons (Fsp3) is 0.176. The number of hydrazone groups is 1. The van der Waals surface area contributed by atoms with Gasteiger partial charge in [0, 0.05) is 6.92 Å². The van der Waals surface area contributed by atoms with E-state index in [0.29, 0.717) is 6.61 Å². The molecule has 4 nitrogen and oxygen atoms in total. The lowest BCUT2D eigenvalue weighted by molar-refractivity contribution is -0.118. The molecule has 0 atom stereocenters. The van der Waals surface area contributed by atoms with Gasteiger partial charge in [-0.05, 0) is 58.8 Å². The first-order valence-corrected chi connectivity index (χ1v) is 7.90. The molecule has 0 heterocycles. The smallest absolute Gasteiger partial charge is 0.236 e. The molecule has 0 aromatic heterocycles. The van der Waals surface area contributed by atoms with E-state index in [4.69, 9.17) is 4.74 Å². The summed E-state index contributed by atoms with van der Waals surface area (Å²) in [5.41, 5.74) is 5.65. The van der Waals surface area contributed by atoms with Crippen molar-refractivity contribution in [3.8, 4) is 5.75 Å². The number of carbonyl (C=O) groups excluding carboxylic acids is 1. The molecular weight excluding hydrogens is 391 g/mol. The molecule has 114 valence electrons. The summed E-state index contributed by atoms with van der Waals surface area (Å²) in [6.45, 7) is 4.02. The minimum absolute atomic E-state index is 0.191. The number of nitrogens with zero attached hydrogens (tertiary/aromatic N) is 1. The summed E-state index contributed by atoms with van der Waals surface area (Å²) in [6.07, 6.45) is 1.61. The molecule has 22 heavy (non-hydrogen) atoms. The van der Waals surface area contributed by atoms with Crippen LogP contribution < -0.4 is 10.2 Å². The van der Waals surface area contributed by atoms with Gasteiger partial charge in [-0.15, -0.1) is 0 Å². The van der Waals surface area contributed by atoms with E-state index >= 15 is 0 Å². The fourth-order valence-electron chi connectivity index (χ4n) is 1.88. The Morgan fingerprint density at radius 2 is 2.14 bits per heavy atom. The third kappa shape index (κ3) is 5.14. The number of rotatable bonds is 5. The molecule has 0 aliphatic carbocycles. The molecule has 1 amide bonds.